The molecule has 6 heteroatoms. The van der Waals surface area contributed by atoms with Crippen molar-refractivity contribution in [2.24, 2.45) is 0 Å². The summed E-state index contributed by atoms with van der Waals surface area (Å²) in [4.78, 5) is 4.34. The predicted molar refractivity (Wildman–Crippen MR) is 155 cm³/mol. The summed E-state index contributed by atoms with van der Waals surface area (Å²) in [5.41, 5.74) is 4.92. The molecular formula is C32H38N6+2. The maximum absolute atomic E-state index is 8.67. The Kier molecular flexibility index (Phi) is 7.78. The predicted octanol–water partition coefficient (Wildman–Crippen LogP) is 4.32. The van der Waals surface area contributed by atoms with Crippen LogP contribution in [0.2, 0.25) is 0 Å². The summed E-state index contributed by atoms with van der Waals surface area (Å²) in [5.74, 6) is 3.49. The maximum Gasteiger partial charge on any atom is 0.285 e. The highest BCUT2D eigenvalue weighted by atomic mass is 15.3. The first-order valence-corrected chi connectivity index (χ1v) is 13.6. The molecule has 0 bridgehead atoms. The van der Waals surface area contributed by atoms with E-state index in [-0.39, 0.29) is 0 Å². The van der Waals surface area contributed by atoms with Gasteiger partial charge in [0.25, 0.3) is 11.7 Å². The standard InChI is InChI=1S/C32H38N6/c1-35-23-29(33)37(20-10-16-25-12-5-3-6-13-25)31(35)27-18-9-19-28(22-27)32-36(2)24-30(34)38(32)21-11-17-26-14-7-4-8-15-26/h3-9,12-15,18-19,22,33-34H,10-11,16-17,20-21,23-24H2,1-2H3/q+2. The minimum Gasteiger partial charge on any atom is -0.264 e. The van der Waals surface area contributed by atoms with Crippen LogP contribution in [0.3, 0.4) is 0 Å². The van der Waals surface area contributed by atoms with Crippen LogP contribution in [-0.2, 0) is 12.8 Å². The molecule has 2 aliphatic heterocycles. The summed E-state index contributed by atoms with van der Waals surface area (Å²) >= 11 is 0. The molecule has 0 spiro atoms. The van der Waals surface area contributed by atoms with E-state index >= 15 is 0 Å². The van der Waals surface area contributed by atoms with E-state index in [1.165, 1.54) is 11.1 Å². The third-order valence-corrected chi connectivity index (χ3v) is 7.42. The molecule has 0 amide bonds. The van der Waals surface area contributed by atoms with Crippen molar-refractivity contribution < 1.29 is 9.15 Å². The second kappa shape index (κ2) is 11.5. The Labute approximate surface area is 226 Å². The molecule has 0 aromatic heterocycles. The summed E-state index contributed by atoms with van der Waals surface area (Å²) < 4.78 is 4.37. The topological polar surface area (TPSA) is 60.2 Å². The SMILES string of the molecule is C[N+]1=C(c2cccc(C3=[N+](C)CC(=N)N3CCCc3ccccc3)c2)N(CCCc2ccccc2)C(=N)C1. The average molecular weight is 507 g/mol. The number of rotatable bonds is 10. The third-order valence-electron chi connectivity index (χ3n) is 7.42. The number of hydrogen-bond acceptors (Lipinski definition) is 2. The van der Waals surface area contributed by atoms with Crippen LogP contribution in [0.1, 0.15) is 35.1 Å². The smallest absolute Gasteiger partial charge is 0.264 e. The molecule has 0 saturated carbocycles. The number of likely N-dealkylation sites (N-methyl/N-ethyl adjacent to an activating group) is 2. The van der Waals surface area contributed by atoms with Crippen LogP contribution >= 0.6 is 0 Å². The van der Waals surface area contributed by atoms with Gasteiger partial charge in [-0.1, -0.05) is 66.7 Å². The van der Waals surface area contributed by atoms with Gasteiger partial charge in [0.05, 0.1) is 38.3 Å². The summed E-state index contributed by atoms with van der Waals surface area (Å²) in [6.45, 7) is 2.89. The van der Waals surface area contributed by atoms with Crippen LogP contribution in [0.15, 0.2) is 84.9 Å². The Morgan fingerprint density at radius 2 is 1.03 bits per heavy atom. The number of hydrogen-bond donors (Lipinski definition) is 2. The molecule has 0 atom stereocenters. The van der Waals surface area contributed by atoms with Gasteiger partial charge in [-0.05, 0) is 55.0 Å². The molecule has 3 aromatic carbocycles. The molecule has 0 saturated heterocycles. The highest BCUT2D eigenvalue weighted by molar-refractivity contribution is 6.12. The zero-order valence-electron chi connectivity index (χ0n) is 22.5. The number of amidine groups is 4. The van der Waals surface area contributed by atoms with E-state index in [4.69, 9.17) is 10.8 Å². The van der Waals surface area contributed by atoms with Crippen molar-refractivity contribution in [1.29, 1.82) is 10.8 Å². The normalized spacial score (nSPS) is 15.8. The molecule has 2 heterocycles. The molecule has 6 nitrogen and oxygen atoms in total. The Morgan fingerprint density at radius 1 is 0.605 bits per heavy atom. The lowest BCUT2D eigenvalue weighted by Crippen LogP contribution is -2.36. The fraction of sp³-hybridized carbons (Fsp3) is 0.312. The van der Waals surface area contributed by atoms with Gasteiger partial charge in [-0.15, -0.1) is 0 Å². The van der Waals surface area contributed by atoms with E-state index < -0.39 is 0 Å². The number of aryl methyl sites for hydroxylation is 2. The van der Waals surface area contributed by atoms with Crippen molar-refractivity contribution >= 4 is 23.3 Å². The van der Waals surface area contributed by atoms with E-state index in [1.54, 1.807) is 0 Å². The Hall–Kier alpha value is -4.06. The maximum atomic E-state index is 8.67. The summed E-state index contributed by atoms with van der Waals surface area (Å²) in [5, 5.41) is 17.3. The van der Waals surface area contributed by atoms with E-state index in [9.17, 15) is 0 Å². The molecule has 5 rings (SSSR count). The number of benzene rings is 3. The van der Waals surface area contributed by atoms with Crippen molar-refractivity contribution in [3.05, 3.63) is 107 Å². The van der Waals surface area contributed by atoms with Gasteiger partial charge in [-0.2, -0.15) is 0 Å². The highest BCUT2D eigenvalue weighted by Gasteiger charge is 2.38. The van der Waals surface area contributed by atoms with Crippen molar-refractivity contribution in [3.63, 3.8) is 0 Å². The van der Waals surface area contributed by atoms with E-state index in [2.05, 4.69) is 118 Å². The quantitative estimate of drug-likeness (QED) is 0.403. The lowest BCUT2D eigenvalue weighted by Gasteiger charge is -2.15. The highest BCUT2D eigenvalue weighted by Crippen LogP contribution is 2.19. The second-order valence-electron chi connectivity index (χ2n) is 10.3. The Morgan fingerprint density at radius 3 is 1.45 bits per heavy atom. The van der Waals surface area contributed by atoms with Crippen LogP contribution in [0.5, 0.6) is 0 Å². The number of nitrogens with zero attached hydrogens (tertiary/aromatic N) is 4. The first-order valence-electron chi connectivity index (χ1n) is 13.6. The van der Waals surface area contributed by atoms with Gasteiger partial charge in [-0.25, -0.2) is 9.80 Å². The minimum absolute atomic E-state index is 0.623. The van der Waals surface area contributed by atoms with Crippen molar-refractivity contribution in [2.45, 2.75) is 25.7 Å². The molecule has 0 unspecified atom stereocenters. The van der Waals surface area contributed by atoms with Crippen LogP contribution < -0.4 is 0 Å². The van der Waals surface area contributed by atoms with Gasteiger partial charge < -0.3 is 0 Å². The summed E-state index contributed by atoms with van der Waals surface area (Å²) in [6.07, 6.45) is 4.00. The van der Waals surface area contributed by atoms with E-state index in [1.807, 2.05) is 0 Å². The van der Waals surface area contributed by atoms with Gasteiger partial charge >= 0.3 is 0 Å². The van der Waals surface area contributed by atoms with Crippen molar-refractivity contribution in [2.75, 3.05) is 40.3 Å². The molecule has 0 fully saturated rings. The molecular weight excluding hydrogens is 468 g/mol. The molecule has 38 heavy (non-hydrogen) atoms. The first kappa shape index (κ1) is 25.6. The average Bonchev–Trinajstić information content (AvgIpc) is 3.37. The molecule has 2 N–H and O–H groups in total. The molecule has 0 aliphatic carbocycles. The van der Waals surface area contributed by atoms with Crippen LogP contribution in [-0.4, -0.2) is 82.6 Å². The van der Waals surface area contributed by atoms with Crippen molar-refractivity contribution in [3.8, 4) is 0 Å². The Bertz CT molecular complexity index is 1270. The fourth-order valence-corrected chi connectivity index (χ4v) is 5.64. The summed E-state index contributed by atoms with van der Waals surface area (Å²) in [6, 6.07) is 29.8. The van der Waals surface area contributed by atoms with E-state index in [0.29, 0.717) is 24.8 Å². The first-order chi connectivity index (χ1) is 18.5. The largest absolute Gasteiger partial charge is 0.285 e. The second-order valence-corrected chi connectivity index (χ2v) is 10.3. The van der Waals surface area contributed by atoms with E-state index in [0.717, 1.165) is 61.6 Å². The third kappa shape index (κ3) is 5.59. The van der Waals surface area contributed by atoms with Crippen LogP contribution in [0, 0.1) is 10.8 Å². The van der Waals surface area contributed by atoms with Gasteiger partial charge in [-0.3, -0.25) is 20.0 Å². The molecule has 0 radical (unpaired) electrons. The minimum atomic E-state index is 0.623. The molecule has 194 valence electrons. The summed E-state index contributed by atoms with van der Waals surface area (Å²) in [7, 11) is 4.16. The van der Waals surface area contributed by atoms with Gasteiger partial charge in [0.2, 0.25) is 11.7 Å². The van der Waals surface area contributed by atoms with Gasteiger partial charge in [0.15, 0.2) is 13.1 Å². The van der Waals surface area contributed by atoms with Gasteiger partial charge in [0.1, 0.15) is 0 Å². The molecule has 2 aliphatic rings. The van der Waals surface area contributed by atoms with Crippen LogP contribution in [0.25, 0.3) is 0 Å². The van der Waals surface area contributed by atoms with Crippen molar-refractivity contribution in [1.82, 2.24) is 9.80 Å². The van der Waals surface area contributed by atoms with Gasteiger partial charge in [0, 0.05) is 0 Å². The molecule has 3 aromatic rings. The zero-order valence-corrected chi connectivity index (χ0v) is 22.5. The lowest BCUT2D eigenvalue weighted by atomic mass is 10.1. The monoisotopic (exact) mass is 506 g/mol. The zero-order chi connectivity index (χ0) is 26.5. The fourth-order valence-electron chi connectivity index (χ4n) is 5.64. The lowest BCUT2D eigenvalue weighted by molar-refractivity contribution is -0.477. The Balaban J connectivity index is 1.33. The van der Waals surface area contributed by atoms with Crippen LogP contribution in [0.4, 0.5) is 0 Å². The number of nitrogens with one attached hydrogen (secondary N) is 2.